The first-order valence-electron chi connectivity index (χ1n) is 17.5. The molecule has 0 saturated carbocycles. The van der Waals surface area contributed by atoms with Crippen molar-refractivity contribution in [1.82, 2.24) is 4.57 Å². The van der Waals surface area contributed by atoms with Gasteiger partial charge in [-0.05, 0) is 107 Å². The zero-order valence-corrected chi connectivity index (χ0v) is 28.1. The maximum absolute atomic E-state index is 13.8. The van der Waals surface area contributed by atoms with Gasteiger partial charge in [-0.2, -0.15) is 0 Å². The van der Waals surface area contributed by atoms with Gasteiger partial charge in [-0.15, -0.1) is 0 Å². The van der Waals surface area contributed by atoms with Crippen LogP contribution < -0.4 is 4.90 Å². The van der Waals surface area contributed by atoms with Crippen molar-refractivity contribution in [3.8, 4) is 27.9 Å². The molecule has 0 aliphatic heterocycles. The van der Waals surface area contributed by atoms with Gasteiger partial charge in [-0.3, -0.25) is 0 Å². The first-order chi connectivity index (χ1) is 25.7. The Bertz CT molecular complexity index is 2890. The summed E-state index contributed by atoms with van der Waals surface area (Å²) in [5.41, 5.74) is 12.6. The molecule has 3 nitrogen and oxygen atoms in total. The van der Waals surface area contributed by atoms with Crippen LogP contribution in [0.2, 0.25) is 0 Å². The zero-order chi connectivity index (χ0) is 34.6. The minimum Gasteiger partial charge on any atom is -0.456 e. The molecule has 52 heavy (non-hydrogen) atoms. The van der Waals surface area contributed by atoms with Gasteiger partial charge in [0.15, 0.2) is 0 Å². The molecular weight excluding hydrogens is 640 g/mol. The van der Waals surface area contributed by atoms with Gasteiger partial charge in [-0.25, -0.2) is 4.39 Å². The fraction of sp³-hybridized carbons (Fsp3) is 0. The topological polar surface area (TPSA) is 21.3 Å². The van der Waals surface area contributed by atoms with Gasteiger partial charge in [0.1, 0.15) is 17.0 Å². The van der Waals surface area contributed by atoms with Crippen molar-refractivity contribution >= 4 is 60.8 Å². The van der Waals surface area contributed by atoms with Gasteiger partial charge < -0.3 is 13.9 Å². The number of para-hydroxylation sites is 2. The minimum absolute atomic E-state index is 0.243. The molecule has 0 fully saturated rings. The van der Waals surface area contributed by atoms with Crippen molar-refractivity contribution in [2.24, 2.45) is 0 Å². The van der Waals surface area contributed by atoms with Gasteiger partial charge in [0.05, 0.1) is 22.1 Å². The summed E-state index contributed by atoms with van der Waals surface area (Å²) in [6, 6.07) is 64.3. The Hall–Kier alpha value is -6.91. The Morgan fingerprint density at radius 1 is 0.423 bits per heavy atom. The van der Waals surface area contributed by atoms with Gasteiger partial charge in [0.2, 0.25) is 0 Å². The minimum atomic E-state index is -0.243. The molecule has 10 aromatic rings. The van der Waals surface area contributed by atoms with Gasteiger partial charge in [-0.1, -0.05) is 103 Å². The van der Waals surface area contributed by atoms with Crippen LogP contribution in [0.1, 0.15) is 0 Å². The summed E-state index contributed by atoms with van der Waals surface area (Å²) >= 11 is 0. The van der Waals surface area contributed by atoms with Crippen LogP contribution in [-0.4, -0.2) is 4.57 Å². The molecule has 8 aromatic carbocycles. The third-order valence-electron chi connectivity index (χ3n) is 10.1. The number of benzene rings is 8. The van der Waals surface area contributed by atoms with Crippen molar-refractivity contribution < 1.29 is 8.81 Å². The summed E-state index contributed by atoms with van der Waals surface area (Å²) in [5, 5.41) is 4.48. The molecule has 0 N–H and O–H groups in total. The molecule has 4 heteroatoms. The summed E-state index contributed by atoms with van der Waals surface area (Å²) < 4.78 is 22.4. The number of aromatic nitrogens is 1. The average Bonchev–Trinajstić information content (AvgIpc) is 3.75. The van der Waals surface area contributed by atoms with Gasteiger partial charge in [0.25, 0.3) is 0 Å². The third-order valence-corrected chi connectivity index (χ3v) is 10.1. The lowest BCUT2D eigenvalue weighted by Crippen LogP contribution is -2.10. The molecule has 0 atom stereocenters. The lowest BCUT2D eigenvalue weighted by molar-refractivity contribution is 0.627. The molecule has 0 aliphatic carbocycles. The van der Waals surface area contributed by atoms with Crippen LogP contribution in [0.15, 0.2) is 192 Å². The van der Waals surface area contributed by atoms with E-state index in [1.807, 2.05) is 36.4 Å². The van der Waals surface area contributed by atoms with Crippen LogP contribution in [0.3, 0.4) is 0 Å². The van der Waals surface area contributed by atoms with E-state index in [0.717, 1.165) is 77.6 Å². The van der Waals surface area contributed by atoms with Crippen LogP contribution in [0.5, 0.6) is 0 Å². The maximum atomic E-state index is 13.8. The Balaban J connectivity index is 1.09. The van der Waals surface area contributed by atoms with Crippen molar-refractivity contribution in [3.05, 3.63) is 194 Å². The number of fused-ring (bicyclic) bond motifs is 6. The molecule has 0 saturated heterocycles. The molecule has 0 unspecified atom stereocenters. The van der Waals surface area contributed by atoms with E-state index in [0.29, 0.717) is 0 Å². The zero-order valence-electron chi connectivity index (χ0n) is 28.1. The van der Waals surface area contributed by atoms with Gasteiger partial charge in [0, 0.05) is 33.2 Å². The molecule has 0 bridgehead atoms. The van der Waals surface area contributed by atoms with E-state index in [4.69, 9.17) is 4.42 Å². The molecule has 0 spiro atoms. The quantitative estimate of drug-likeness (QED) is 0.176. The predicted octanol–water partition coefficient (Wildman–Crippen LogP) is 13.6. The molecule has 2 aromatic heterocycles. The van der Waals surface area contributed by atoms with Crippen molar-refractivity contribution in [3.63, 3.8) is 0 Å². The number of furan rings is 1. The summed E-state index contributed by atoms with van der Waals surface area (Å²) in [6.45, 7) is 0. The molecular formula is C48H31FN2O. The van der Waals surface area contributed by atoms with E-state index in [1.165, 1.54) is 23.3 Å². The molecule has 0 amide bonds. The highest BCUT2D eigenvalue weighted by Gasteiger charge is 2.20. The van der Waals surface area contributed by atoms with Crippen molar-refractivity contribution in [2.45, 2.75) is 0 Å². The third kappa shape index (κ3) is 4.96. The van der Waals surface area contributed by atoms with E-state index < -0.39 is 0 Å². The highest BCUT2D eigenvalue weighted by molar-refractivity contribution is 6.13. The van der Waals surface area contributed by atoms with E-state index in [-0.39, 0.29) is 5.82 Å². The second-order valence-corrected chi connectivity index (χ2v) is 13.1. The monoisotopic (exact) mass is 670 g/mol. The smallest absolute Gasteiger partial charge is 0.137 e. The Morgan fingerprint density at radius 2 is 1.00 bits per heavy atom. The van der Waals surface area contributed by atoms with E-state index in [1.54, 1.807) is 0 Å². The average molecular weight is 671 g/mol. The number of hydrogen-bond donors (Lipinski definition) is 0. The number of hydrogen-bond acceptors (Lipinski definition) is 2. The largest absolute Gasteiger partial charge is 0.456 e. The van der Waals surface area contributed by atoms with Crippen LogP contribution in [0.4, 0.5) is 21.5 Å². The van der Waals surface area contributed by atoms with Gasteiger partial charge >= 0.3 is 0 Å². The molecule has 0 radical (unpaired) electrons. The first kappa shape index (κ1) is 30.0. The summed E-state index contributed by atoms with van der Waals surface area (Å²) in [7, 11) is 0. The fourth-order valence-electron chi connectivity index (χ4n) is 7.63. The van der Waals surface area contributed by atoms with Crippen LogP contribution in [-0.2, 0) is 0 Å². The van der Waals surface area contributed by atoms with E-state index >= 15 is 0 Å². The van der Waals surface area contributed by atoms with Crippen LogP contribution in [0, 0.1) is 5.82 Å². The summed E-state index contributed by atoms with van der Waals surface area (Å²) in [4.78, 5) is 2.32. The second kappa shape index (κ2) is 12.1. The van der Waals surface area contributed by atoms with E-state index in [9.17, 15) is 4.39 Å². The first-order valence-corrected chi connectivity index (χ1v) is 17.5. The number of rotatable bonds is 6. The molecule has 246 valence electrons. The Kier molecular flexibility index (Phi) is 7.00. The fourth-order valence-corrected chi connectivity index (χ4v) is 7.63. The summed E-state index contributed by atoms with van der Waals surface area (Å²) in [6.07, 6.45) is 0. The van der Waals surface area contributed by atoms with E-state index in [2.05, 4.69) is 149 Å². The van der Waals surface area contributed by atoms with Crippen LogP contribution in [0.25, 0.3) is 71.7 Å². The second-order valence-electron chi connectivity index (χ2n) is 13.1. The number of anilines is 3. The normalized spacial score (nSPS) is 11.6. The SMILES string of the molecule is Fc1ccc(-n2c3ccccc3c3cc(-c4ccc(N(c5ccc(-c6ccccc6)cc5)c5cccc6oc7ccccc7c56)cc4)ccc32)cc1. The van der Waals surface area contributed by atoms with Crippen LogP contribution >= 0.6 is 0 Å². The predicted molar refractivity (Wildman–Crippen MR) is 214 cm³/mol. The Labute approximate surface area is 300 Å². The molecule has 10 rings (SSSR count). The molecule has 2 heterocycles. The highest BCUT2D eigenvalue weighted by Crippen LogP contribution is 2.44. The van der Waals surface area contributed by atoms with Crippen molar-refractivity contribution in [2.75, 3.05) is 4.90 Å². The summed E-state index contributed by atoms with van der Waals surface area (Å²) in [5.74, 6) is -0.243. The molecule has 0 aliphatic rings. The standard InChI is InChI=1S/C48H31FN2O/c49-36-22-28-39(29-23-36)51-43-13-6-4-11-40(43)42-31-35(21-30-44(42)51)34-19-26-38(27-20-34)50(37-24-17-33(18-25-37)32-9-2-1-3-10-32)45-14-8-16-47-48(45)41-12-5-7-15-46(41)52-47/h1-31H. The van der Waals surface area contributed by atoms with Crippen molar-refractivity contribution in [1.29, 1.82) is 0 Å². The number of halogens is 1. The maximum Gasteiger partial charge on any atom is 0.137 e. The highest BCUT2D eigenvalue weighted by atomic mass is 19.1. The number of nitrogens with zero attached hydrogens (tertiary/aromatic N) is 2. The lowest BCUT2D eigenvalue weighted by Gasteiger charge is -2.26. The Morgan fingerprint density at radius 3 is 1.75 bits per heavy atom. The lowest BCUT2D eigenvalue weighted by atomic mass is 10.0.